The van der Waals surface area contributed by atoms with Gasteiger partial charge in [-0.15, -0.1) is 0 Å². The van der Waals surface area contributed by atoms with Crippen molar-refractivity contribution < 1.29 is 8.42 Å². The van der Waals surface area contributed by atoms with E-state index in [4.69, 9.17) is 0 Å². The standard InChI is InChI=1S/C13H26N2O2S/c1-15(11-12-5-3-2-4-6-12)18(16,17)13-7-9-14-10-8-13/h12-14H,2-11H2,1H3. The average molecular weight is 274 g/mol. The van der Waals surface area contributed by atoms with E-state index >= 15 is 0 Å². The van der Waals surface area contributed by atoms with Gasteiger partial charge >= 0.3 is 0 Å². The van der Waals surface area contributed by atoms with Crippen molar-refractivity contribution in [2.75, 3.05) is 26.7 Å². The average Bonchev–Trinajstić information content (AvgIpc) is 2.41. The second-order valence-corrected chi connectivity index (χ2v) is 8.10. The van der Waals surface area contributed by atoms with E-state index in [9.17, 15) is 8.42 Å². The molecule has 2 aliphatic rings. The molecule has 0 aromatic rings. The van der Waals surface area contributed by atoms with Crippen LogP contribution in [0.25, 0.3) is 0 Å². The number of rotatable bonds is 4. The summed E-state index contributed by atoms with van der Waals surface area (Å²) in [5.74, 6) is 0.584. The van der Waals surface area contributed by atoms with Gasteiger partial charge < -0.3 is 5.32 Å². The molecule has 1 saturated heterocycles. The Morgan fingerprint density at radius 1 is 1.06 bits per heavy atom. The highest BCUT2D eigenvalue weighted by atomic mass is 32.2. The molecule has 2 rings (SSSR count). The lowest BCUT2D eigenvalue weighted by molar-refractivity contribution is 0.296. The molecular weight excluding hydrogens is 248 g/mol. The quantitative estimate of drug-likeness (QED) is 0.847. The largest absolute Gasteiger partial charge is 0.317 e. The molecule has 2 fully saturated rings. The Morgan fingerprint density at radius 2 is 1.67 bits per heavy atom. The molecule has 1 heterocycles. The van der Waals surface area contributed by atoms with Crippen LogP contribution in [0.5, 0.6) is 0 Å². The van der Waals surface area contributed by atoms with Crippen molar-refractivity contribution in [3.8, 4) is 0 Å². The van der Waals surface area contributed by atoms with Crippen LogP contribution < -0.4 is 5.32 Å². The van der Waals surface area contributed by atoms with E-state index in [0.29, 0.717) is 5.92 Å². The maximum Gasteiger partial charge on any atom is 0.216 e. The van der Waals surface area contributed by atoms with Gasteiger partial charge in [0.15, 0.2) is 0 Å². The molecule has 0 aromatic heterocycles. The molecule has 1 aliphatic carbocycles. The zero-order chi connectivity index (χ0) is 13.0. The van der Waals surface area contributed by atoms with Crippen molar-refractivity contribution in [1.29, 1.82) is 0 Å². The summed E-state index contributed by atoms with van der Waals surface area (Å²) in [4.78, 5) is 0. The number of nitrogens with one attached hydrogen (secondary N) is 1. The lowest BCUT2D eigenvalue weighted by Gasteiger charge is -2.31. The van der Waals surface area contributed by atoms with Gasteiger partial charge in [0.05, 0.1) is 5.25 Å². The van der Waals surface area contributed by atoms with E-state index in [2.05, 4.69) is 5.32 Å². The van der Waals surface area contributed by atoms with Crippen LogP contribution in [0.2, 0.25) is 0 Å². The number of sulfonamides is 1. The molecule has 0 unspecified atom stereocenters. The predicted molar refractivity (Wildman–Crippen MR) is 74.0 cm³/mol. The van der Waals surface area contributed by atoms with E-state index in [0.717, 1.165) is 32.5 Å². The third-order valence-electron chi connectivity index (χ3n) is 4.38. The Balaban J connectivity index is 1.91. The summed E-state index contributed by atoms with van der Waals surface area (Å²) >= 11 is 0. The van der Waals surface area contributed by atoms with Crippen LogP contribution in [0.4, 0.5) is 0 Å². The van der Waals surface area contributed by atoms with E-state index in [1.54, 1.807) is 11.4 Å². The molecule has 1 aliphatic heterocycles. The van der Waals surface area contributed by atoms with Crippen LogP contribution in [0.1, 0.15) is 44.9 Å². The minimum absolute atomic E-state index is 0.160. The molecule has 0 amide bonds. The fourth-order valence-corrected chi connectivity index (χ4v) is 4.94. The van der Waals surface area contributed by atoms with Crippen molar-refractivity contribution >= 4 is 10.0 Å². The smallest absolute Gasteiger partial charge is 0.216 e. The molecule has 0 atom stereocenters. The van der Waals surface area contributed by atoms with Crippen molar-refractivity contribution in [3.05, 3.63) is 0 Å². The molecule has 0 radical (unpaired) electrons. The third kappa shape index (κ3) is 3.45. The Kier molecular flexibility index (Phi) is 5.04. The molecule has 106 valence electrons. The summed E-state index contributed by atoms with van der Waals surface area (Å²) in [5.41, 5.74) is 0. The van der Waals surface area contributed by atoms with Gasteiger partial charge in [-0.2, -0.15) is 0 Å². The van der Waals surface area contributed by atoms with Crippen LogP contribution in [-0.4, -0.2) is 44.7 Å². The molecule has 1 saturated carbocycles. The van der Waals surface area contributed by atoms with Gasteiger partial charge in [0.25, 0.3) is 0 Å². The van der Waals surface area contributed by atoms with Crippen LogP contribution in [0.3, 0.4) is 0 Å². The van der Waals surface area contributed by atoms with Gasteiger partial charge in [-0.25, -0.2) is 12.7 Å². The highest BCUT2D eigenvalue weighted by Crippen LogP contribution is 2.26. The first-order valence-electron chi connectivity index (χ1n) is 7.26. The first-order chi connectivity index (χ1) is 8.60. The van der Waals surface area contributed by atoms with Crippen molar-refractivity contribution in [3.63, 3.8) is 0 Å². The highest BCUT2D eigenvalue weighted by molar-refractivity contribution is 7.89. The van der Waals surface area contributed by atoms with Gasteiger partial charge in [0.2, 0.25) is 10.0 Å². The summed E-state index contributed by atoms with van der Waals surface area (Å²) in [6.07, 6.45) is 7.78. The van der Waals surface area contributed by atoms with E-state index in [1.165, 1.54) is 32.1 Å². The van der Waals surface area contributed by atoms with Gasteiger partial charge in [-0.1, -0.05) is 19.3 Å². The maximum absolute atomic E-state index is 12.5. The minimum Gasteiger partial charge on any atom is -0.317 e. The van der Waals surface area contributed by atoms with Gasteiger partial charge in [-0.05, 0) is 44.7 Å². The normalized spacial score (nSPS) is 24.6. The lowest BCUT2D eigenvalue weighted by Crippen LogP contribution is -2.44. The Morgan fingerprint density at radius 3 is 2.28 bits per heavy atom. The zero-order valence-electron chi connectivity index (χ0n) is 11.4. The van der Waals surface area contributed by atoms with E-state index < -0.39 is 10.0 Å². The maximum atomic E-state index is 12.5. The molecule has 4 nitrogen and oxygen atoms in total. The Hall–Kier alpha value is -0.130. The molecule has 0 spiro atoms. The monoisotopic (exact) mass is 274 g/mol. The minimum atomic E-state index is -3.07. The number of piperidine rings is 1. The summed E-state index contributed by atoms with van der Waals surface area (Å²) in [6, 6.07) is 0. The third-order valence-corrected chi connectivity index (χ3v) is 6.71. The SMILES string of the molecule is CN(CC1CCCCC1)S(=O)(=O)C1CCNCC1. The Bertz CT molecular complexity index is 344. The number of hydrogen-bond donors (Lipinski definition) is 1. The number of hydrogen-bond acceptors (Lipinski definition) is 3. The summed E-state index contributed by atoms with van der Waals surface area (Å²) < 4.78 is 26.6. The molecular formula is C13H26N2O2S. The second-order valence-electron chi connectivity index (χ2n) is 5.78. The molecule has 0 bridgehead atoms. The summed E-state index contributed by atoms with van der Waals surface area (Å²) in [5, 5.41) is 3.06. The molecule has 5 heteroatoms. The van der Waals surface area contributed by atoms with Crippen molar-refractivity contribution in [1.82, 2.24) is 9.62 Å². The van der Waals surface area contributed by atoms with E-state index in [-0.39, 0.29) is 5.25 Å². The fraction of sp³-hybridized carbons (Fsp3) is 1.00. The number of nitrogens with zero attached hydrogens (tertiary/aromatic N) is 1. The first kappa shape index (κ1) is 14.3. The predicted octanol–water partition coefficient (Wildman–Crippen LogP) is 1.58. The highest BCUT2D eigenvalue weighted by Gasteiger charge is 2.32. The van der Waals surface area contributed by atoms with Crippen molar-refractivity contribution in [2.24, 2.45) is 5.92 Å². The summed E-state index contributed by atoms with van der Waals surface area (Å²) in [7, 11) is -1.30. The van der Waals surface area contributed by atoms with E-state index in [1.807, 2.05) is 0 Å². The molecule has 18 heavy (non-hydrogen) atoms. The molecule has 1 N–H and O–H groups in total. The van der Waals surface area contributed by atoms with Crippen LogP contribution >= 0.6 is 0 Å². The first-order valence-corrected chi connectivity index (χ1v) is 8.77. The van der Waals surface area contributed by atoms with Crippen molar-refractivity contribution in [2.45, 2.75) is 50.2 Å². The topological polar surface area (TPSA) is 49.4 Å². The lowest BCUT2D eigenvalue weighted by atomic mass is 9.89. The Labute approximate surface area is 111 Å². The van der Waals surface area contributed by atoms with Crippen LogP contribution in [0, 0.1) is 5.92 Å². The summed E-state index contributed by atoms with van der Waals surface area (Å²) in [6.45, 7) is 2.40. The van der Waals surface area contributed by atoms with Gasteiger partial charge in [0, 0.05) is 13.6 Å². The second kappa shape index (κ2) is 6.35. The van der Waals surface area contributed by atoms with Gasteiger partial charge in [0.1, 0.15) is 0 Å². The fourth-order valence-electron chi connectivity index (χ4n) is 3.18. The van der Waals surface area contributed by atoms with Crippen LogP contribution in [0.15, 0.2) is 0 Å². The van der Waals surface area contributed by atoms with Gasteiger partial charge in [-0.3, -0.25) is 0 Å². The van der Waals surface area contributed by atoms with Crippen LogP contribution in [-0.2, 0) is 10.0 Å². The zero-order valence-corrected chi connectivity index (χ0v) is 12.2. The molecule has 0 aromatic carbocycles.